The molecule has 1 saturated heterocycles. The van der Waals surface area contributed by atoms with Crippen LogP contribution in [-0.2, 0) is 12.8 Å². The van der Waals surface area contributed by atoms with E-state index < -0.39 is 0 Å². The minimum absolute atomic E-state index is 0.386. The van der Waals surface area contributed by atoms with Gasteiger partial charge in [-0.1, -0.05) is 12.1 Å². The van der Waals surface area contributed by atoms with E-state index in [4.69, 9.17) is 24.9 Å². The van der Waals surface area contributed by atoms with E-state index in [1.807, 2.05) is 12.1 Å². The first-order valence-electron chi connectivity index (χ1n) is 11.2. The Morgan fingerprint density at radius 2 is 1.81 bits per heavy atom. The lowest BCUT2D eigenvalue weighted by atomic mass is 9.73. The third kappa shape index (κ3) is 3.50. The summed E-state index contributed by atoms with van der Waals surface area (Å²) in [6.07, 6.45) is 4.00. The monoisotopic (exact) mass is 434 g/mol. The van der Waals surface area contributed by atoms with Gasteiger partial charge < -0.3 is 25.3 Å². The molecule has 168 valence electrons. The summed E-state index contributed by atoms with van der Waals surface area (Å²) in [5.41, 5.74) is 9.86. The highest BCUT2D eigenvalue weighted by Crippen LogP contribution is 2.45. The van der Waals surface area contributed by atoms with Gasteiger partial charge in [-0.15, -0.1) is 0 Å². The van der Waals surface area contributed by atoms with Crippen LogP contribution < -0.4 is 25.3 Å². The van der Waals surface area contributed by atoms with Gasteiger partial charge in [0.15, 0.2) is 11.5 Å². The number of aryl methyl sites for hydroxylation is 1. The minimum Gasteiger partial charge on any atom is -0.496 e. The number of anilines is 1. The van der Waals surface area contributed by atoms with Crippen molar-refractivity contribution in [2.45, 2.75) is 37.6 Å². The Kier molecular flexibility index (Phi) is 5.51. The lowest BCUT2D eigenvalue weighted by molar-refractivity contribution is 0.355. The van der Waals surface area contributed by atoms with E-state index >= 15 is 0 Å². The molecule has 0 saturated carbocycles. The molecule has 1 aliphatic carbocycles. The Bertz CT molecular complexity index is 1150. The number of methoxy groups -OCH3 is 3. The molecule has 1 unspecified atom stereocenters. The molecule has 0 amide bonds. The fourth-order valence-electron chi connectivity index (χ4n) is 5.53. The molecule has 1 fully saturated rings. The molecule has 3 aromatic rings. The second kappa shape index (κ2) is 8.47. The quantitative estimate of drug-likeness (QED) is 0.614. The first-order chi connectivity index (χ1) is 15.6. The number of fused-ring (bicyclic) bond motifs is 4. The number of nitrogens with zero attached hydrogens (tertiary/aromatic N) is 2. The van der Waals surface area contributed by atoms with Gasteiger partial charge >= 0.3 is 0 Å². The summed E-state index contributed by atoms with van der Waals surface area (Å²) in [4.78, 5) is 9.37. The van der Waals surface area contributed by atoms with Gasteiger partial charge in [-0.25, -0.2) is 9.97 Å². The second-order valence-corrected chi connectivity index (χ2v) is 8.66. The van der Waals surface area contributed by atoms with Crippen LogP contribution in [0.5, 0.6) is 17.2 Å². The van der Waals surface area contributed by atoms with E-state index in [2.05, 4.69) is 28.5 Å². The van der Waals surface area contributed by atoms with E-state index in [1.54, 1.807) is 21.3 Å². The van der Waals surface area contributed by atoms with Crippen LogP contribution in [0.3, 0.4) is 0 Å². The lowest BCUT2D eigenvalue weighted by Crippen LogP contribution is -2.29. The molecule has 0 bridgehead atoms. The number of rotatable bonds is 6. The van der Waals surface area contributed by atoms with Crippen molar-refractivity contribution in [3.05, 3.63) is 47.3 Å². The third-order valence-electron chi connectivity index (χ3n) is 7.05. The highest BCUT2D eigenvalue weighted by atomic mass is 16.5. The molecule has 3 atom stereocenters. The van der Waals surface area contributed by atoms with E-state index in [1.165, 1.54) is 17.5 Å². The average Bonchev–Trinajstić information content (AvgIpc) is 3.25. The van der Waals surface area contributed by atoms with Crippen molar-refractivity contribution in [1.82, 2.24) is 15.3 Å². The summed E-state index contributed by atoms with van der Waals surface area (Å²) < 4.78 is 16.5. The van der Waals surface area contributed by atoms with Crippen LogP contribution in [0.25, 0.3) is 10.9 Å². The first kappa shape index (κ1) is 20.8. The molecule has 2 aromatic carbocycles. The van der Waals surface area contributed by atoms with Crippen LogP contribution in [0.1, 0.15) is 35.7 Å². The van der Waals surface area contributed by atoms with Gasteiger partial charge in [0.2, 0.25) is 0 Å². The molecule has 5 rings (SSSR count). The normalized spacial score (nSPS) is 21.8. The first-order valence-corrected chi connectivity index (χ1v) is 11.2. The summed E-state index contributed by atoms with van der Waals surface area (Å²) in [7, 11) is 4.99. The van der Waals surface area contributed by atoms with Gasteiger partial charge in [0.05, 0.1) is 26.8 Å². The molecule has 7 heteroatoms. The van der Waals surface area contributed by atoms with Crippen LogP contribution in [-0.4, -0.2) is 43.9 Å². The fraction of sp³-hybridized carbons (Fsp3) is 0.440. The second-order valence-electron chi connectivity index (χ2n) is 8.66. The maximum Gasteiger partial charge on any atom is 0.162 e. The smallest absolute Gasteiger partial charge is 0.162 e. The number of nitrogens with one attached hydrogen (secondary N) is 1. The predicted molar refractivity (Wildman–Crippen MR) is 125 cm³/mol. The van der Waals surface area contributed by atoms with Gasteiger partial charge in [-0.2, -0.15) is 0 Å². The van der Waals surface area contributed by atoms with Gasteiger partial charge in [0, 0.05) is 29.8 Å². The van der Waals surface area contributed by atoms with E-state index in [0.717, 1.165) is 48.3 Å². The van der Waals surface area contributed by atoms with Crippen molar-refractivity contribution in [2.24, 2.45) is 5.92 Å². The Morgan fingerprint density at radius 3 is 2.59 bits per heavy atom. The average molecular weight is 435 g/mol. The standard InChI is InChI=1S/C25H30N4O3/c1-30-20-6-4-5-16-15(20)8-7-14-13-27-18(24(14)16)9-10-23-28-19-12-22(32-3)21(31-2)11-17(19)25(26)29-23/h4-6,11-12,14,18,24,27H,7-10,13H2,1-3H3,(H2,26,28,29)/t14-,18?,24+/m0/s1. The number of nitrogen functional groups attached to an aromatic ring is 1. The van der Waals surface area contributed by atoms with Crippen molar-refractivity contribution >= 4 is 16.7 Å². The number of aromatic nitrogens is 2. The molecule has 3 N–H and O–H groups in total. The molecule has 1 aliphatic heterocycles. The Labute approximate surface area is 188 Å². The molecule has 32 heavy (non-hydrogen) atoms. The van der Waals surface area contributed by atoms with Crippen LogP contribution >= 0.6 is 0 Å². The van der Waals surface area contributed by atoms with E-state index in [0.29, 0.717) is 35.2 Å². The SMILES string of the molecule is COc1cc2nc(CCC3NC[C@@H]4CCc5c(OC)cccc5[C@H]34)nc(N)c2cc1OC. The van der Waals surface area contributed by atoms with Crippen LogP contribution in [0, 0.1) is 5.92 Å². The van der Waals surface area contributed by atoms with Crippen molar-refractivity contribution in [3.8, 4) is 17.2 Å². The molecular weight excluding hydrogens is 404 g/mol. The summed E-state index contributed by atoms with van der Waals surface area (Å²) in [5, 5.41) is 4.54. The van der Waals surface area contributed by atoms with Crippen molar-refractivity contribution in [1.29, 1.82) is 0 Å². The van der Waals surface area contributed by atoms with Crippen molar-refractivity contribution in [2.75, 3.05) is 33.6 Å². The number of benzene rings is 2. The number of nitrogens with two attached hydrogens (primary N) is 1. The van der Waals surface area contributed by atoms with E-state index in [-0.39, 0.29) is 0 Å². The Morgan fingerprint density at radius 1 is 1.03 bits per heavy atom. The molecule has 7 nitrogen and oxygen atoms in total. The zero-order chi connectivity index (χ0) is 22.2. The minimum atomic E-state index is 0.386. The molecular formula is C25H30N4O3. The van der Waals surface area contributed by atoms with Gasteiger partial charge in [0.1, 0.15) is 17.4 Å². The molecule has 0 spiro atoms. The largest absolute Gasteiger partial charge is 0.496 e. The van der Waals surface area contributed by atoms with Crippen LogP contribution in [0.2, 0.25) is 0 Å². The molecule has 2 heterocycles. The lowest BCUT2D eigenvalue weighted by Gasteiger charge is -2.32. The molecule has 0 radical (unpaired) electrons. The Hall–Kier alpha value is -3.06. The van der Waals surface area contributed by atoms with Crippen LogP contribution in [0.15, 0.2) is 30.3 Å². The maximum atomic E-state index is 6.28. The topological polar surface area (TPSA) is 91.5 Å². The molecule has 1 aromatic heterocycles. The van der Waals surface area contributed by atoms with Gasteiger partial charge in [-0.05, 0) is 55.0 Å². The van der Waals surface area contributed by atoms with Crippen molar-refractivity contribution < 1.29 is 14.2 Å². The summed E-state index contributed by atoms with van der Waals surface area (Å²) in [5.74, 6) is 4.66. The summed E-state index contributed by atoms with van der Waals surface area (Å²) in [6.45, 7) is 1.06. The highest BCUT2D eigenvalue weighted by molar-refractivity contribution is 5.90. The maximum absolute atomic E-state index is 6.28. The predicted octanol–water partition coefficient (Wildman–Crippen LogP) is 3.49. The number of ether oxygens (including phenoxy) is 3. The van der Waals surface area contributed by atoms with Crippen molar-refractivity contribution in [3.63, 3.8) is 0 Å². The van der Waals surface area contributed by atoms with Gasteiger partial charge in [-0.3, -0.25) is 0 Å². The molecule has 2 aliphatic rings. The van der Waals surface area contributed by atoms with E-state index in [9.17, 15) is 0 Å². The zero-order valence-electron chi connectivity index (χ0n) is 18.9. The third-order valence-corrected chi connectivity index (χ3v) is 7.05. The summed E-state index contributed by atoms with van der Waals surface area (Å²) in [6, 6.07) is 10.6. The fourth-order valence-corrected chi connectivity index (χ4v) is 5.53. The van der Waals surface area contributed by atoms with Gasteiger partial charge in [0.25, 0.3) is 0 Å². The number of hydrogen-bond acceptors (Lipinski definition) is 7. The number of hydrogen-bond donors (Lipinski definition) is 2. The Balaban J connectivity index is 1.40. The van der Waals surface area contributed by atoms with Crippen LogP contribution in [0.4, 0.5) is 5.82 Å². The zero-order valence-corrected chi connectivity index (χ0v) is 18.9. The highest BCUT2D eigenvalue weighted by Gasteiger charge is 2.40. The summed E-state index contributed by atoms with van der Waals surface area (Å²) >= 11 is 0.